The Morgan fingerprint density at radius 3 is 1.59 bits per heavy atom. The summed E-state index contributed by atoms with van der Waals surface area (Å²) in [6.45, 7) is 3.69. The zero-order valence-electron chi connectivity index (χ0n) is 35.7. The van der Waals surface area contributed by atoms with Crippen molar-refractivity contribution >= 4 is 13.7 Å². The van der Waals surface area contributed by atoms with Crippen molar-refractivity contribution in [3.8, 4) is 0 Å². The van der Waals surface area contributed by atoms with Crippen molar-refractivity contribution in [2.75, 3.05) is 6.61 Å². The zero-order chi connectivity index (χ0) is 43.0. The number of phosphoric ester groups is 1. The number of aliphatic hydroxyl groups excluding tert-OH is 7. The fourth-order valence-electron chi connectivity index (χ4n) is 6.98. The van der Waals surface area contributed by atoms with E-state index in [1.54, 1.807) is 6.08 Å². The first-order chi connectivity index (χ1) is 27.8. The van der Waals surface area contributed by atoms with Crippen LogP contribution in [0.15, 0.2) is 36.5 Å². The summed E-state index contributed by atoms with van der Waals surface area (Å²) in [7, 11) is -5.14. The minimum atomic E-state index is -5.14. The van der Waals surface area contributed by atoms with Crippen LogP contribution >= 0.6 is 7.82 Å². The quantitative estimate of drug-likeness (QED) is 0.0177. The van der Waals surface area contributed by atoms with Crippen LogP contribution in [-0.4, -0.2) is 108 Å². The molecule has 9 N–H and O–H groups in total. The van der Waals surface area contributed by atoms with E-state index in [-0.39, 0.29) is 6.42 Å². The van der Waals surface area contributed by atoms with E-state index in [2.05, 4.69) is 43.5 Å². The van der Waals surface area contributed by atoms with Crippen molar-refractivity contribution in [2.45, 2.75) is 229 Å². The molecule has 0 heterocycles. The number of allylic oxidation sites excluding steroid dienone is 5. The van der Waals surface area contributed by atoms with Crippen molar-refractivity contribution in [1.29, 1.82) is 0 Å². The monoisotopic (exact) mass is 848 g/mol. The Bertz CT molecular complexity index is 1140. The first kappa shape index (κ1) is 54.5. The number of amides is 1. The van der Waals surface area contributed by atoms with E-state index >= 15 is 0 Å². The molecule has 0 spiro atoms. The first-order valence-electron chi connectivity index (χ1n) is 22.5. The summed E-state index contributed by atoms with van der Waals surface area (Å²) in [6.07, 6.45) is 23.7. The topological polar surface area (TPSA) is 226 Å². The molecule has 340 valence electrons. The van der Waals surface area contributed by atoms with E-state index in [9.17, 15) is 50.0 Å². The van der Waals surface area contributed by atoms with Crippen LogP contribution in [-0.2, 0) is 18.4 Å². The molecule has 0 aromatic rings. The van der Waals surface area contributed by atoms with E-state index in [0.717, 1.165) is 70.6 Å². The molecular weight excluding hydrogens is 765 g/mol. The van der Waals surface area contributed by atoms with Gasteiger partial charge in [0.2, 0.25) is 5.91 Å². The minimum Gasteiger partial charge on any atom is -0.393 e. The second-order valence-electron chi connectivity index (χ2n) is 16.1. The summed E-state index contributed by atoms with van der Waals surface area (Å²) in [5.41, 5.74) is 0. The fraction of sp³-hybridized carbons (Fsp3) is 0.841. The molecule has 1 aliphatic rings. The van der Waals surface area contributed by atoms with Crippen molar-refractivity contribution < 1.29 is 59.0 Å². The molecule has 8 atom stereocenters. The smallest absolute Gasteiger partial charge is 0.393 e. The van der Waals surface area contributed by atoms with Gasteiger partial charge >= 0.3 is 7.82 Å². The van der Waals surface area contributed by atoms with E-state index in [0.29, 0.717) is 12.8 Å². The van der Waals surface area contributed by atoms with Gasteiger partial charge in [-0.05, 0) is 51.4 Å². The SMILES string of the molecule is CCCCC/C=C\C/C=C\CCCCCCCC(O)CC(=O)NC(COP(=O)(O)OC1C(O)C(O)C(O)C(O)C1O)C(O)/C=C/CCCCCCCCCCCCC. The fourth-order valence-corrected chi connectivity index (χ4v) is 7.94. The van der Waals surface area contributed by atoms with E-state index in [1.807, 2.05) is 0 Å². The lowest BCUT2D eigenvalue weighted by Crippen LogP contribution is -2.64. The molecular formula is C44H82NO12P. The number of hydrogen-bond donors (Lipinski definition) is 9. The number of carbonyl (C=O) groups is 1. The Balaban J connectivity index is 2.58. The number of nitrogens with one attached hydrogen (secondary N) is 1. The zero-order valence-corrected chi connectivity index (χ0v) is 36.6. The van der Waals surface area contributed by atoms with Crippen molar-refractivity contribution in [3.05, 3.63) is 36.5 Å². The lowest BCUT2D eigenvalue weighted by atomic mass is 9.85. The van der Waals surface area contributed by atoms with Crippen molar-refractivity contribution in [1.82, 2.24) is 5.32 Å². The number of aliphatic hydroxyl groups is 7. The first-order valence-corrected chi connectivity index (χ1v) is 24.0. The van der Waals surface area contributed by atoms with Crippen molar-refractivity contribution in [3.63, 3.8) is 0 Å². The van der Waals surface area contributed by atoms with Crippen LogP contribution in [0.5, 0.6) is 0 Å². The number of phosphoric acid groups is 1. The molecule has 1 fully saturated rings. The highest BCUT2D eigenvalue weighted by Gasteiger charge is 2.51. The minimum absolute atomic E-state index is 0.255. The van der Waals surface area contributed by atoms with Crippen LogP contribution in [0.1, 0.15) is 174 Å². The van der Waals surface area contributed by atoms with E-state index < -0.39 is 75.2 Å². The highest BCUT2D eigenvalue weighted by Crippen LogP contribution is 2.47. The summed E-state index contributed by atoms with van der Waals surface area (Å²) in [6, 6.07) is -1.24. The van der Waals surface area contributed by atoms with Crippen LogP contribution in [0.4, 0.5) is 0 Å². The average Bonchev–Trinajstić information content (AvgIpc) is 3.19. The predicted molar refractivity (Wildman–Crippen MR) is 229 cm³/mol. The lowest BCUT2D eigenvalue weighted by Gasteiger charge is -2.41. The Morgan fingerprint density at radius 2 is 1.05 bits per heavy atom. The summed E-state index contributed by atoms with van der Waals surface area (Å²) in [4.78, 5) is 23.4. The molecule has 1 saturated carbocycles. The summed E-state index contributed by atoms with van der Waals surface area (Å²) >= 11 is 0. The molecule has 0 aromatic heterocycles. The maximum Gasteiger partial charge on any atom is 0.472 e. The molecule has 58 heavy (non-hydrogen) atoms. The molecule has 1 rings (SSSR count). The normalized spacial score (nSPS) is 24.1. The molecule has 0 saturated heterocycles. The maximum atomic E-state index is 13.0. The second kappa shape index (κ2) is 34.1. The number of rotatable bonds is 36. The van der Waals surface area contributed by atoms with Crippen LogP contribution in [0.2, 0.25) is 0 Å². The van der Waals surface area contributed by atoms with Gasteiger partial charge in [0.25, 0.3) is 0 Å². The third-order valence-corrected chi connectivity index (χ3v) is 11.7. The summed E-state index contributed by atoms with van der Waals surface area (Å²) in [5, 5.41) is 74.3. The Morgan fingerprint density at radius 1 is 0.621 bits per heavy atom. The van der Waals surface area contributed by atoms with Gasteiger partial charge in [0.15, 0.2) is 0 Å². The summed E-state index contributed by atoms with van der Waals surface area (Å²) in [5.74, 6) is -0.603. The molecule has 0 bridgehead atoms. The third-order valence-electron chi connectivity index (χ3n) is 10.7. The molecule has 13 nitrogen and oxygen atoms in total. The largest absolute Gasteiger partial charge is 0.472 e. The molecule has 0 radical (unpaired) electrons. The van der Waals surface area contributed by atoms with Gasteiger partial charge in [-0.1, -0.05) is 153 Å². The molecule has 0 aromatic carbocycles. The second-order valence-corrected chi connectivity index (χ2v) is 17.5. The van der Waals surface area contributed by atoms with Gasteiger partial charge in [-0.2, -0.15) is 0 Å². The number of unbranched alkanes of at least 4 members (excludes halogenated alkanes) is 19. The van der Waals surface area contributed by atoms with E-state index in [4.69, 9.17) is 9.05 Å². The van der Waals surface area contributed by atoms with Gasteiger partial charge < -0.3 is 46.0 Å². The Kier molecular flexibility index (Phi) is 32.1. The average molecular weight is 848 g/mol. The van der Waals surface area contributed by atoms with Gasteiger partial charge in [-0.15, -0.1) is 0 Å². The van der Waals surface area contributed by atoms with Crippen LogP contribution in [0.3, 0.4) is 0 Å². The summed E-state index contributed by atoms with van der Waals surface area (Å²) < 4.78 is 22.8. The van der Waals surface area contributed by atoms with Gasteiger partial charge in [-0.3, -0.25) is 13.8 Å². The molecule has 8 unspecified atom stereocenters. The van der Waals surface area contributed by atoms with Crippen LogP contribution < -0.4 is 5.32 Å². The third kappa shape index (κ3) is 26.0. The van der Waals surface area contributed by atoms with Gasteiger partial charge in [0.1, 0.15) is 36.6 Å². The van der Waals surface area contributed by atoms with E-state index in [1.165, 1.54) is 76.7 Å². The highest BCUT2D eigenvalue weighted by atomic mass is 31.2. The van der Waals surface area contributed by atoms with Gasteiger partial charge in [0.05, 0.1) is 31.3 Å². The van der Waals surface area contributed by atoms with Gasteiger partial charge in [0, 0.05) is 0 Å². The molecule has 14 heteroatoms. The molecule has 1 amide bonds. The highest BCUT2D eigenvalue weighted by molar-refractivity contribution is 7.47. The van der Waals surface area contributed by atoms with Gasteiger partial charge in [-0.25, -0.2) is 4.57 Å². The standard InChI is InChI=1S/C44H82NO12P/c1-3-5-7-9-11-13-15-17-18-20-21-23-25-27-29-31-35(46)33-38(48)45-36(37(47)32-30-28-26-24-22-19-16-14-12-10-8-6-4-2)34-56-58(54,55)57-44-42(52)40(50)39(49)41(51)43(44)53/h11,13,17-18,30,32,35-37,39-44,46-47,49-53H,3-10,12,14-16,19-29,31,33-34H2,1-2H3,(H,45,48)(H,54,55)/b13-11-,18-17-,32-30+. The number of carbonyl (C=O) groups excluding carboxylic acids is 1. The maximum absolute atomic E-state index is 13.0. The number of hydrogen-bond acceptors (Lipinski definition) is 11. The Hall–Kier alpha value is -1.48. The van der Waals surface area contributed by atoms with Crippen LogP contribution in [0.25, 0.3) is 0 Å². The Labute approximate surface area is 349 Å². The lowest BCUT2D eigenvalue weighted by molar-refractivity contribution is -0.220. The molecule has 1 aliphatic carbocycles. The molecule has 0 aliphatic heterocycles. The van der Waals surface area contributed by atoms with Crippen LogP contribution in [0, 0.1) is 0 Å². The van der Waals surface area contributed by atoms with Crippen molar-refractivity contribution in [2.24, 2.45) is 0 Å². The predicted octanol–water partition coefficient (Wildman–Crippen LogP) is 6.97.